The van der Waals surface area contributed by atoms with Gasteiger partial charge >= 0.3 is 37.7 Å². The molecular formula is C12H22CaO4. The second kappa shape index (κ2) is 18.6. The van der Waals surface area contributed by atoms with E-state index in [1.807, 2.05) is 13.8 Å². The molecule has 0 aromatic carbocycles. The van der Waals surface area contributed by atoms with E-state index in [4.69, 9.17) is 0 Å². The van der Waals surface area contributed by atoms with Crippen LogP contribution in [0, 0.1) is 0 Å². The van der Waals surface area contributed by atoms with Gasteiger partial charge in [0.25, 0.3) is 0 Å². The van der Waals surface area contributed by atoms with E-state index in [1.54, 1.807) is 0 Å². The predicted molar refractivity (Wildman–Crippen MR) is 64.1 cm³/mol. The molecule has 0 aliphatic carbocycles. The van der Waals surface area contributed by atoms with Crippen LogP contribution in [0.1, 0.15) is 65.2 Å². The fourth-order valence-electron chi connectivity index (χ4n) is 1.04. The zero-order valence-corrected chi connectivity index (χ0v) is 13.2. The third-order valence-electron chi connectivity index (χ3n) is 1.97. The fourth-order valence-corrected chi connectivity index (χ4v) is 1.04. The van der Waals surface area contributed by atoms with E-state index in [-0.39, 0.29) is 50.6 Å². The molecule has 0 atom stereocenters. The van der Waals surface area contributed by atoms with Crippen molar-refractivity contribution in [1.82, 2.24) is 0 Å². The Morgan fingerprint density at radius 3 is 1.24 bits per heavy atom. The number of hydrogen-bond donors (Lipinski definition) is 0. The average Bonchev–Trinajstić information content (AvgIpc) is 2.18. The molecule has 0 aliphatic rings. The standard InChI is InChI=1S/2C6H12O2.Ca/c2*1-2-3-4-5-6(7)8;/h2*2-5H2,1H3,(H,7,8);/q;;+2/p-2. The molecule has 0 aliphatic heterocycles. The summed E-state index contributed by atoms with van der Waals surface area (Å²) in [5, 5.41) is 19.5. The van der Waals surface area contributed by atoms with Gasteiger partial charge < -0.3 is 19.8 Å². The van der Waals surface area contributed by atoms with Crippen molar-refractivity contribution in [3.63, 3.8) is 0 Å². The summed E-state index contributed by atoms with van der Waals surface area (Å²) in [6, 6.07) is 0. The van der Waals surface area contributed by atoms with Crippen LogP contribution in [0.15, 0.2) is 0 Å². The van der Waals surface area contributed by atoms with Gasteiger partial charge in [0.15, 0.2) is 0 Å². The van der Waals surface area contributed by atoms with Crippen LogP contribution in [-0.2, 0) is 9.59 Å². The van der Waals surface area contributed by atoms with Gasteiger partial charge in [0.05, 0.1) is 0 Å². The second-order valence-electron chi connectivity index (χ2n) is 3.66. The summed E-state index contributed by atoms with van der Waals surface area (Å²) in [6.07, 6.45) is 6.07. The first-order chi connectivity index (χ1) is 7.54. The van der Waals surface area contributed by atoms with Crippen LogP contribution < -0.4 is 10.2 Å². The van der Waals surface area contributed by atoms with E-state index < -0.39 is 11.9 Å². The first kappa shape index (κ1) is 22.4. The van der Waals surface area contributed by atoms with Crippen LogP contribution in [0.4, 0.5) is 0 Å². The molecule has 5 heteroatoms. The van der Waals surface area contributed by atoms with Crippen LogP contribution in [0.5, 0.6) is 0 Å². The van der Waals surface area contributed by atoms with Crippen LogP contribution in [0.25, 0.3) is 0 Å². The third kappa shape index (κ3) is 31.4. The molecule has 0 N–H and O–H groups in total. The minimum Gasteiger partial charge on any atom is -0.550 e. The van der Waals surface area contributed by atoms with Crippen LogP contribution >= 0.6 is 0 Å². The molecule has 0 fully saturated rings. The van der Waals surface area contributed by atoms with Crippen molar-refractivity contribution in [3.8, 4) is 0 Å². The summed E-state index contributed by atoms with van der Waals surface area (Å²) >= 11 is 0. The molecule has 0 aromatic rings. The summed E-state index contributed by atoms with van der Waals surface area (Å²) < 4.78 is 0. The van der Waals surface area contributed by atoms with E-state index in [1.165, 1.54) is 0 Å². The average molecular weight is 270 g/mol. The summed E-state index contributed by atoms with van der Waals surface area (Å²) in [4.78, 5) is 19.5. The Morgan fingerprint density at radius 2 is 1.06 bits per heavy atom. The van der Waals surface area contributed by atoms with Crippen LogP contribution in [0.3, 0.4) is 0 Å². The molecular weight excluding hydrogens is 248 g/mol. The van der Waals surface area contributed by atoms with Crippen molar-refractivity contribution in [1.29, 1.82) is 0 Å². The zero-order chi connectivity index (χ0) is 12.8. The molecule has 0 amide bonds. The number of carboxylic acids is 2. The van der Waals surface area contributed by atoms with Gasteiger partial charge in [-0.25, -0.2) is 0 Å². The Balaban J connectivity index is -0.000000218. The number of rotatable bonds is 8. The van der Waals surface area contributed by atoms with Gasteiger partial charge in [-0.2, -0.15) is 0 Å². The molecule has 0 rings (SSSR count). The Morgan fingerprint density at radius 1 is 0.765 bits per heavy atom. The van der Waals surface area contributed by atoms with E-state index >= 15 is 0 Å². The maximum absolute atomic E-state index is 9.76. The van der Waals surface area contributed by atoms with E-state index in [2.05, 4.69) is 0 Å². The number of carboxylic acid groups (broad SMARTS) is 2. The molecule has 0 spiro atoms. The molecule has 0 unspecified atom stereocenters. The van der Waals surface area contributed by atoms with Crippen molar-refractivity contribution in [2.24, 2.45) is 0 Å². The molecule has 4 nitrogen and oxygen atoms in total. The van der Waals surface area contributed by atoms with Crippen molar-refractivity contribution >= 4 is 49.7 Å². The number of hydrogen-bond acceptors (Lipinski definition) is 4. The van der Waals surface area contributed by atoms with Gasteiger partial charge in [-0.15, -0.1) is 0 Å². The molecule has 96 valence electrons. The number of unbranched alkanes of at least 4 members (excludes halogenated alkanes) is 4. The quantitative estimate of drug-likeness (QED) is 0.468. The van der Waals surface area contributed by atoms with E-state index in [0.717, 1.165) is 38.5 Å². The van der Waals surface area contributed by atoms with Gasteiger partial charge in [-0.3, -0.25) is 0 Å². The topological polar surface area (TPSA) is 80.3 Å². The van der Waals surface area contributed by atoms with E-state index in [9.17, 15) is 19.8 Å². The molecule has 0 saturated heterocycles. The number of aliphatic carboxylic acids is 2. The monoisotopic (exact) mass is 270 g/mol. The van der Waals surface area contributed by atoms with Crippen LogP contribution in [0.2, 0.25) is 0 Å². The minimum absolute atomic E-state index is 0. The Kier molecular flexibility index (Phi) is 24.4. The molecule has 0 radical (unpaired) electrons. The zero-order valence-electron chi connectivity index (χ0n) is 11.0. The predicted octanol–water partition coefficient (Wildman–Crippen LogP) is 0.252. The third-order valence-corrected chi connectivity index (χ3v) is 1.97. The Hall–Kier alpha value is 0.200. The maximum atomic E-state index is 9.76. The molecule has 0 bridgehead atoms. The maximum Gasteiger partial charge on any atom is 2.00 e. The van der Waals surface area contributed by atoms with Gasteiger partial charge in [0.2, 0.25) is 0 Å². The summed E-state index contributed by atoms with van der Waals surface area (Å²) in [7, 11) is 0. The first-order valence-electron chi connectivity index (χ1n) is 5.94. The summed E-state index contributed by atoms with van der Waals surface area (Å²) in [5.74, 6) is -1.86. The van der Waals surface area contributed by atoms with Gasteiger partial charge in [0.1, 0.15) is 0 Å². The molecule has 0 aromatic heterocycles. The largest absolute Gasteiger partial charge is 2.00 e. The number of carbonyl (C=O) groups is 2. The van der Waals surface area contributed by atoms with Gasteiger partial charge in [0, 0.05) is 11.9 Å². The number of carbonyl (C=O) groups excluding carboxylic acids is 2. The molecule has 0 heterocycles. The summed E-state index contributed by atoms with van der Waals surface area (Å²) in [6.45, 7) is 4.07. The normalized spacial score (nSPS) is 8.59. The van der Waals surface area contributed by atoms with Crippen molar-refractivity contribution in [3.05, 3.63) is 0 Å². The van der Waals surface area contributed by atoms with Crippen molar-refractivity contribution in [2.45, 2.75) is 65.2 Å². The SMILES string of the molecule is CCCCCC(=O)[O-].CCCCCC(=O)[O-].[Ca+2]. The van der Waals surface area contributed by atoms with Crippen LogP contribution in [-0.4, -0.2) is 49.7 Å². The molecule has 17 heavy (non-hydrogen) atoms. The fraction of sp³-hybridized carbons (Fsp3) is 0.833. The summed E-state index contributed by atoms with van der Waals surface area (Å²) in [5.41, 5.74) is 0. The van der Waals surface area contributed by atoms with Crippen molar-refractivity contribution in [2.75, 3.05) is 0 Å². The minimum atomic E-state index is -0.932. The second-order valence-corrected chi connectivity index (χ2v) is 3.66. The van der Waals surface area contributed by atoms with E-state index in [0.29, 0.717) is 0 Å². The first-order valence-corrected chi connectivity index (χ1v) is 5.94. The Labute approximate surface area is 134 Å². The Bertz CT molecular complexity index is 163. The van der Waals surface area contributed by atoms with Gasteiger partial charge in [-0.1, -0.05) is 39.5 Å². The van der Waals surface area contributed by atoms with Crippen molar-refractivity contribution < 1.29 is 19.8 Å². The smallest absolute Gasteiger partial charge is 0.550 e. The van der Waals surface area contributed by atoms with Gasteiger partial charge in [-0.05, 0) is 25.7 Å². The molecule has 0 saturated carbocycles.